The van der Waals surface area contributed by atoms with E-state index in [1.807, 2.05) is 24.3 Å². The molecule has 0 aliphatic carbocycles. The van der Waals surface area contributed by atoms with E-state index < -0.39 is 5.97 Å². The van der Waals surface area contributed by atoms with E-state index in [1.54, 1.807) is 11.8 Å². The fraction of sp³-hybridized carbons (Fsp3) is 0.350. The van der Waals surface area contributed by atoms with Gasteiger partial charge in [-0.2, -0.15) is 0 Å². The van der Waals surface area contributed by atoms with Crippen molar-refractivity contribution in [3.05, 3.63) is 52.3 Å². The molecule has 0 atom stereocenters. The summed E-state index contributed by atoms with van der Waals surface area (Å²) >= 11 is 0. The fourth-order valence-corrected chi connectivity index (χ4v) is 3.56. The van der Waals surface area contributed by atoms with Crippen molar-refractivity contribution in [1.82, 2.24) is 4.98 Å². The van der Waals surface area contributed by atoms with Crippen LogP contribution in [-0.4, -0.2) is 36.3 Å². The van der Waals surface area contributed by atoms with Crippen molar-refractivity contribution in [2.45, 2.75) is 33.1 Å². The van der Waals surface area contributed by atoms with Gasteiger partial charge < -0.3 is 14.6 Å². The standard InChI is InChI=1S/C20H22N2O4/c1-12-18(20(25)26-3)15(21-19(12)13(2)23)11-17(24)22-10-6-8-14-7-4-5-9-16(14)22/h4-5,7,9,21H,6,8,10-11H2,1-3H3. The van der Waals surface area contributed by atoms with Gasteiger partial charge in [0.2, 0.25) is 5.91 Å². The van der Waals surface area contributed by atoms with Gasteiger partial charge in [-0.3, -0.25) is 9.59 Å². The van der Waals surface area contributed by atoms with Gasteiger partial charge in [0.15, 0.2) is 5.78 Å². The van der Waals surface area contributed by atoms with E-state index in [-0.39, 0.29) is 23.7 Å². The van der Waals surface area contributed by atoms with Gasteiger partial charge in [-0.15, -0.1) is 0 Å². The highest BCUT2D eigenvalue weighted by atomic mass is 16.5. The van der Waals surface area contributed by atoms with Crippen molar-refractivity contribution in [3.63, 3.8) is 0 Å². The van der Waals surface area contributed by atoms with Crippen LogP contribution in [0.25, 0.3) is 0 Å². The Hall–Kier alpha value is -2.89. The van der Waals surface area contributed by atoms with E-state index in [0.29, 0.717) is 23.5 Å². The summed E-state index contributed by atoms with van der Waals surface area (Å²) in [5, 5.41) is 0. The summed E-state index contributed by atoms with van der Waals surface area (Å²) in [5.41, 5.74) is 3.62. The second-order valence-corrected chi connectivity index (χ2v) is 6.48. The van der Waals surface area contributed by atoms with Crippen LogP contribution in [0.5, 0.6) is 0 Å². The molecule has 1 aliphatic rings. The Kier molecular flexibility index (Phi) is 4.93. The molecule has 0 saturated carbocycles. The number of Topliss-reactive ketones (excluding diaryl/α,β-unsaturated/α-hetero) is 1. The number of aromatic amines is 1. The van der Waals surface area contributed by atoms with Gasteiger partial charge in [-0.05, 0) is 37.0 Å². The predicted octanol–water partition coefficient (Wildman–Crippen LogP) is 2.83. The molecule has 0 spiro atoms. The molecular weight excluding hydrogens is 332 g/mol. The van der Waals surface area contributed by atoms with Crippen molar-refractivity contribution in [1.29, 1.82) is 0 Å². The molecule has 0 bridgehead atoms. The number of fused-ring (bicyclic) bond motifs is 1. The van der Waals surface area contributed by atoms with E-state index in [1.165, 1.54) is 14.0 Å². The van der Waals surface area contributed by atoms with E-state index >= 15 is 0 Å². The van der Waals surface area contributed by atoms with Gasteiger partial charge in [0.1, 0.15) is 0 Å². The lowest BCUT2D eigenvalue weighted by molar-refractivity contribution is -0.118. The highest BCUT2D eigenvalue weighted by Gasteiger charge is 2.27. The Labute approximate surface area is 152 Å². The van der Waals surface area contributed by atoms with Gasteiger partial charge >= 0.3 is 5.97 Å². The highest BCUT2D eigenvalue weighted by Crippen LogP contribution is 2.28. The second kappa shape index (κ2) is 7.15. The molecule has 0 radical (unpaired) electrons. The first-order valence-corrected chi connectivity index (χ1v) is 8.63. The summed E-state index contributed by atoms with van der Waals surface area (Å²) < 4.78 is 4.84. The molecule has 0 saturated heterocycles. The number of carbonyl (C=O) groups is 3. The van der Waals surface area contributed by atoms with Crippen LogP contribution < -0.4 is 4.90 Å². The van der Waals surface area contributed by atoms with Crippen LogP contribution in [0.3, 0.4) is 0 Å². The molecule has 1 N–H and O–H groups in total. The average Bonchev–Trinajstić information content (AvgIpc) is 2.96. The van der Waals surface area contributed by atoms with Gasteiger partial charge in [-0.25, -0.2) is 4.79 Å². The van der Waals surface area contributed by atoms with Gasteiger partial charge in [0.25, 0.3) is 0 Å². The summed E-state index contributed by atoms with van der Waals surface area (Å²) in [4.78, 5) is 41.7. The smallest absolute Gasteiger partial charge is 0.339 e. The van der Waals surface area contributed by atoms with Crippen LogP contribution in [0.15, 0.2) is 24.3 Å². The quantitative estimate of drug-likeness (QED) is 0.676. The zero-order chi connectivity index (χ0) is 18.8. The van der Waals surface area contributed by atoms with Crippen molar-refractivity contribution in [2.75, 3.05) is 18.6 Å². The molecule has 3 rings (SSSR count). The maximum absolute atomic E-state index is 13.0. The first kappa shape index (κ1) is 17.9. The molecule has 136 valence electrons. The van der Waals surface area contributed by atoms with Gasteiger partial charge in [0, 0.05) is 24.8 Å². The topological polar surface area (TPSA) is 79.5 Å². The number of ketones is 1. The molecule has 1 aliphatic heterocycles. The molecule has 1 amide bonds. The second-order valence-electron chi connectivity index (χ2n) is 6.48. The summed E-state index contributed by atoms with van der Waals surface area (Å²) in [5.74, 6) is -0.846. The number of hydrogen-bond acceptors (Lipinski definition) is 4. The molecule has 26 heavy (non-hydrogen) atoms. The SMILES string of the molecule is COC(=O)c1c(CC(=O)N2CCCc3ccccc32)[nH]c(C(C)=O)c1C. The van der Waals surface area contributed by atoms with Crippen LogP contribution in [0.2, 0.25) is 0 Å². The number of aryl methyl sites for hydroxylation is 1. The minimum absolute atomic E-state index is 0.00683. The lowest BCUT2D eigenvalue weighted by atomic mass is 10.0. The molecule has 6 heteroatoms. The number of para-hydroxylation sites is 1. The molecule has 6 nitrogen and oxygen atoms in total. The summed E-state index contributed by atoms with van der Waals surface area (Å²) in [6, 6.07) is 7.85. The van der Waals surface area contributed by atoms with Crippen molar-refractivity contribution in [2.24, 2.45) is 0 Å². The largest absolute Gasteiger partial charge is 0.465 e. The molecular formula is C20H22N2O4. The van der Waals surface area contributed by atoms with Crippen LogP contribution >= 0.6 is 0 Å². The minimum atomic E-state index is -0.548. The number of nitrogens with one attached hydrogen (secondary N) is 1. The molecule has 1 aromatic heterocycles. The summed E-state index contributed by atoms with van der Waals surface area (Å²) in [7, 11) is 1.29. The fourth-order valence-electron chi connectivity index (χ4n) is 3.56. The number of aromatic nitrogens is 1. The Balaban J connectivity index is 1.94. The molecule has 1 aromatic carbocycles. The zero-order valence-electron chi connectivity index (χ0n) is 15.2. The first-order chi connectivity index (χ1) is 12.4. The number of nitrogens with zero attached hydrogens (tertiary/aromatic N) is 1. The van der Waals surface area contributed by atoms with E-state index in [4.69, 9.17) is 4.74 Å². The maximum atomic E-state index is 13.0. The van der Waals surface area contributed by atoms with E-state index in [2.05, 4.69) is 4.98 Å². The number of benzene rings is 1. The Morgan fingerprint density at radius 3 is 2.65 bits per heavy atom. The summed E-state index contributed by atoms with van der Waals surface area (Å²) in [6.45, 7) is 3.75. The third-order valence-electron chi connectivity index (χ3n) is 4.81. The monoisotopic (exact) mass is 354 g/mol. The van der Waals surface area contributed by atoms with Crippen LogP contribution in [-0.2, 0) is 22.4 Å². The normalized spacial score (nSPS) is 13.3. The number of hydrogen-bond donors (Lipinski definition) is 1. The minimum Gasteiger partial charge on any atom is -0.465 e. The average molecular weight is 354 g/mol. The number of H-pyrrole nitrogens is 1. The molecule has 0 fully saturated rings. The number of rotatable bonds is 4. The van der Waals surface area contributed by atoms with Crippen molar-refractivity contribution < 1.29 is 19.1 Å². The number of methoxy groups -OCH3 is 1. The maximum Gasteiger partial charge on any atom is 0.339 e. The lowest BCUT2D eigenvalue weighted by Gasteiger charge is -2.29. The number of esters is 1. The predicted molar refractivity (Wildman–Crippen MR) is 97.7 cm³/mol. The van der Waals surface area contributed by atoms with Crippen molar-refractivity contribution >= 4 is 23.3 Å². The van der Waals surface area contributed by atoms with Crippen LogP contribution in [0.4, 0.5) is 5.69 Å². The van der Waals surface area contributed by atoms with E-state index in [9.17, 15) is 14.4 Å². The number of ether oxygens (including phenoxy) is 1. The zero-order valence-corrected chi connectivity index (χ0v) is 15.2. The van der Waals surface area contributed by atoms with Gasteiger partial charge in [-0.1, -0.05) is 18.2 Å². The van der Waals surface area contributed by atoms with E-state index in [0.717, 1.165) is 24.1 Å². The van der Waals surface area contributed by atoms with Crippen LogP contribution in [0.1, 0.15) is 51.0 Å². The summed E-state index contributed by atoms with van der Waals surface area (Å²) in [6.07, 6.45) is 1.85. The third-order valence-corrected chi connectivity index (χ3v) is 4.81. The number of carbonyl (C=O) groups excluding carboxylic acids is 3. The molecule has 2 heterocycles. The highest BCUT2D eigenvalue weighted by molar-refractivity contribution is 6.03. The lowest BCUT2D eigenvalue weighted by Crippen LogP contribution is -2.36. The number of anilines is 1. The third kappa shape index (κ3) is 3.14. The Bertz CT molecular complexity index is 882. The van der Waals surface area contributed by atoms with Crippen LogP contribution in [0, 0.1) is 6.92 Å². The molecule has 2 aromatic rings. The first-order valence-electron chi connectivity index (χ1n) is 8.63. The van der Waals surface area contributed by atoms with Crippen molar-refractivity contribution in [3.8, 4) is 0 Å². The molecule has 0 unspecified atom stereocenters. The van der Waals surface area contributed by atoms with Gasteiger partial charge in [0.05, 0.1) is 24.8 Å². The Morgan fingerprint density at radius 2 is 1.96 bits per heavy atom. The number of amides is 1. The Morgan fingerprint density at radius 1 is 1.23 bits per heavy atom.